The number of carbonyl (C=O) groups excluding carboxylic acids is 2. The molecular formula is C21H21F3N2O3. The molecule has 2 aromatic carbocycles. The Bertz CT molecular complexity index is 915. The van der Waals surface area contributed by atoms with Gasteiger partial charge in [0.1, 0.15) is 5.75 Å². The highest BCUT2D eigenvalue weighted by atomic mass is 19.4. The van der Waals surface area contributed by atoms with Gasteiger partial charge in [-0.25, -0.2) is 0 Å². The second kappa shape index (κ2) is 7.77. The number of halogens is 3. The van der Waals surface area contributed by atoms with Crippen LogP contribution >= 0.6 is 0 Å². The number of fused-ring (bicyclic) bond motifs is 1. The molecule has 0 fully saturated rings. The van der Waals surface area contributed by atoms with Gasteiger partial charge in [-0.05, 0) is 25.1 Å². The largest absolute Gasteiger partial charge is 0.471 e. The van der Waals surface area contributed by atoms with Crippen molar-refractivity contribution in [2.24, 2.45) is 0 Å². The summed E-state index contributed by atoms with van der Waals surface area (Å²) in [5.41, 5.74) is -1.59. The standard InChI is InChI=1S/C21H21F3N2O3/c1-3-18(27)25-11-12-26-16-10-9-15(21(22,23)24)13-17(16)29-20(2,19(26)28)14-7-5-4-6-8-14/h4-10,13H,3,11-12H2,1-2H3,(H,25,27). The first-order chi connectivity index (χ1) is 13.7. The Balaban J connectivity index is 2.02. The van der Waals surface area contributed by atoms with Gasteiger partial charge in [-0.1, -0.05) is 37.3 Å². The van der Waals surface area contributed by atoms with Gasteiger partial charge in [0.15, 0.2) is 0 Å². The molecular weight excluding hydrogens is 385 g/mol. The predicted octanol–water partition coefficient (Wildman–Crippen LogP) is 3.87. The topological polar surface area (TPSA) is 58.6 Å². The monoisotopic (exact) mass is 406 g/mol. The van der Waals surface area contributed by atoms with E-state index in [-0.39, 0.29) is 30.4 Å². The van der Waals surface area contributed by atoms with Gasteiger partial charge in [-0.3, -0.25) is 9.59 Å². The first-order valence-electron chi connectivity index (χ1n) is 9.21. The zero-order chi connectivity index (χ0) is 21.2. The number of nitrogens with one attached hydrogen (secondary N) is 1. The van der Waals surface area contributed by atoms with E-state index in [2.05, 4.69) is 5.32 Å². The molecule has 0 bridgehead atoms. The average Bonchev–Trinajstić information content (AvgIpc) is 2.70. The molecule has 3 rings (SSSR count). The van der Waals surface area contributed by atoms with E-state index in [4.69, 9.17) is 4.74 Å². The van der Waals surface area contributed by atoms with Crippen molar-refractivity contribution in [3.05, 3.63) is 59.7 Å². The van der Waals surface area contributed by atoms with Crippen LogP contribution in [0.15, 0.2) is 48.5 Å². The summed E-state index contributed by atoms with van der Waals surface area (Å²) in [6.07, 6.45) is -4.24. The van der Waals surface area contributed by atoms with Crippen molar-refractivity contribution in [1.29, 1.82) is 0 Å². The molecule has 0 spiro atoms. The summed E-state index contributed by atoms with van der Waals surface area (Å²) in [7, 11) is 0. The van der Waals surface area contributed by atoms with Crippen molar-refractivity contribution in [3.8, 4) is 5.75 Å². The molecule has 0 aliphatic carbocycles. The number of amides is 2. The second-order valence-corrected chi connectivity index (χ2v) is 6.84. The van der Waals surface area contributed by atoms with Gasteiger partial charge in [0.05, 0.1) is 11.3 Å². The molecule has 0 saturated carbocycles. The lowest BCUT2D eigenvalue weighted by Crippen LogP contribution is -2.54. The van der Waals surface area contributed by atoms with E-state index in [1.165, 1.54) is 17.9 Å². The summed E-state index contributed by atoms with van der Waals surface area (Å²) in [5.74, 6) is -0.626. The molecule has 29 heavy (non-hydrogen) atoms. The van der Waals surface area contributed by atoms with Crippen LogP contribution in [0.4, 0.5) is 18.9 Å². The smallest absolute Gasteiger partial charge is 0.416 e. The molecule has 5 nitrogen and oxygen atoms in total. The fourth-order valence-corrected chi connectivity index (χ4v) is 3.22. The number of rotatable bonds is 5. The lowest BCUT2D eigenvalue weighted by molar-refractivity contribution is -0.138. The van der Waals surface area contributed by atoms with Gasteiger partial charge in [0, 0.05) is 25.1 Å². The summed E-state index contributed by atoms with van der Waals surface area (Å²) in [6.45, 7) is 3.51. The number of carbonyl (C=O) groups is 2. The molecule has 0 saturated heterocycles. The van der Waals surface area contributed by atoms with E-state index in [0.717, 1.165) is 12.1 Å². The van der Waals surface area contributed by atoms with Crippen LogP contribution < -0.4 is 15.0 Å². The van der Waals surface area contributed by atoms with Gasteiger partial charge in [-0.2, -0.15) is 13.2 Å². The number of alkyl halides is 3. The van der Waals surface area contributed by atoms with Crippen molar-refractivity contribution in [3.63, 3.8) is 0 Å². The number of anilines is 1. The molecule has 2 aromatic rings. The fraction of sp³-hybridized carbons (Fsp3) is 0.333. The zero-order valence-corrected chi connectivity index (χ0v) is 16.0. The van der Waals surface area contributed by atoms with E-state index in [0.29, 0.717) is 12.0 Å². The van der Waals surface area contributed by atoms with Gasteiger partial charge >= 0.3 is 6.18 Å². The molecule has 1 aliphatic rings. The molecule has 1 heterocycles. The van der Waals surface area contributed by atoms with Crippen LogP contribution in [0, 0.1) is 0 Å². The van der Waals surface area contributed by atoms with Crippen LogP contribution in [0.1, 0.15) is 31.4 Å². The third kappa shape index (κ3) is 4.06. The van der Waals surface area contributed by atoms with Crippen molar-refractivity contribution < 1.29 is 27.5 Å². The molecule has 8 heteroatoms. The lowest BCUT2D eigenvalue weighted by atomic mass is 9.91. The maximum Gasteiger partial charge on any atom is 0.416 e. The molecule has 154 valence electrons. The van der Waals surface area contributed by atoms with Crippen LogP contribution in [-0.4, -0.2) is 24.9 Å². The normalized spacial score (nSPS) is 18.8. The summed E-state index contributed by atoms with van der Waals surface area (Å²) in [4.78, 5) is 26.2. The predicted molar refractivity (Wildman–Crippen MR) is 102 cm³/mol. The van der Waals surface area contributed by atoms with E-state index in [9.17, 15) is 22.8 Å². The molecule has 1 N–H and O–H groups in total. The van der Waals surface area contributed by atoms with Crippen molar-refractivity contribution in [1.82, 2.24) is 5.32 Å². The number of ether oxygens (including phenoxy) is 1. The van der Waals surface area contributed by atoms with Crippen molar-refractivity contribution in [2.45, 2.75) is 32.0 Å². The van der Waals surface area contributed by atoms with Gasteiger partial charge in [0.25, 0.3) is 5.91 Å². The van der Waals surface area contributed by atoms with Crippen molar-refractivity contribution in [2.75, 3.05) is 18.0 Å². The van der Waals surface area contributed by atoms with E-state index in [1.807, 2.05) is 0 Å². The lowest BCUT2D eigenvalue weighted by Gasteiger charge is -2.41. The fourth-order valence-electron chi connectivity index (χ4n) is 3.22. The Hall–Kier alpha value is -3.03. The molecule has 1 unspecified atom stereocenters. The van der Waals surface area contributed by atoms with E-state index in [1.54, 1.807) is 37.3 Å². The summed E-state index contributed by atoms with van der Waals surface area (Å²) in [5, 5.41) is 2.68. The third-order valence-electron chi connectivity index (χ3n) is 4.85. The minimum Gasteiger partial charge on any atom is -0.471 e. The highest BCUT2D eigenvalue weighted by Crippen LogP contribution is 2.44. The minimum atomic E-state index is -4.54. The van der Waals surface area contributed by atoms with Crippen LogP contribution in [0.3, 0.4) is 0 Å². The van der Waals surface area contributed by atoms with Crippen LogP contribution in [0.25, 0.3) is 0 Å². The minimum absolute atomic E-state index is 0.0346. The summed E-state index contributed by atoms with van der Waals surface area (Å²) in [6, 6.07) is 11.6. The quantitative estimate of drug-likeness (QED) is 0.820. The first kappa shape index (κ1) is 20.7. The number of nitrogens with zero attached hydrogens (tertiary/aromatic N) is 1. The van der Waals surface area contributed by atoms with E-state index >= 15 is 0 Å². The maximum absolute atomic E-state index is 13.3. The molecule has 0 radical (unpaired) electrons. The van der Waals surface area contributed by atoms with Crippen LogP contribution in [-0.2, 0) is 21.4 Å². The third-order valence-corrected chi connectivity index (χ3v) is 4.85. The first-order valence-corrected chi connectivity index (χ1v) is 9.21. The Morgan fingerprint density at radius 2 is 1.86 bits per heavy atom. The Morgan fingerprint density at radius 1 is 1.17 bits per heavy atom. The Kier molecular flexibility index (Phi) is 5.55. The molecule has 1 atom stereocenters. The Morgan fingerprint density at radius 3 is 2.48 bits per heavy atom. The number of hydrogen-bond donors (Lipinski definition) is 1. The number of hydrogen-bond acceptors (Lipinski definition) is 3. The van der Waals surface area contributed by atoms with Gasteiger partial charge in [-0.15, -0.1) is 0 Å². The van der Waals surface area contributed by atoms with Crippen LogP contribution in [0.5, 0.6) is 5.75 Å². The SMILES string of the molecule is CCC(=O)NCCN1C(=O)C(C)(c2ccccc2)Oc2cc(C(F)(F)F)ccc21. The molecule has 0 aromatic heterocycles. The second-order valence-electron chi connectivity index (χ2n) is 6.84. The average molecular weight is 406 g/mol. The molecule has 1 aliphatic heterocycles. The summed E-state index contributed by atoms with van der Waals surface area (Å²) >= 11 is 0. The summed E-state index contributed by atoms with van der Waals surface area (Å²) < 4.78 is 45.4. The van der Waals surface area contributed by atoms with Gasteiger partial charge in [0.2, 0.25) is 11.5 Å². The van der Waals surface area contributed by atoms with E-state index < -0.39 is 23.2 Å². The Labute approximate surface area is 166 Å². The van der Waals surface area contributed by atoms with Crippen LogP contribution in [0.2, 0.25) is 0 Å². The molecule has 2 amide bonds. The highest BCUT2D eigenvalue weighted by Gasteiger charge is 2.46. The van der Waals surface area contributed by atoms with Crippen molar-refractivity contribution >= 4 is 17.5 Å². The maximum atomic E-state index is 13.3. The number of benzene rings is 2. The zero-order valence-electron chi connectivity index (χ0n) is 16.0. The van der Waals surface area contributed by atoms with Gasteiger partial charge < -0.3 is 15.0 Å². The highest BCUT2D eigenvalue weighted by molar-refractivity contribution is 6.03.